The number of rotatable bonds is 9. The van der Waals surface area contributed by atoms with E-state index in [0.29, 0.717) is 42.0 Å². The molecule has 3 aromatic rings. The summed E-state index contributed by atoms with van der Waals surface area (Å²) < 4.78 is 17.0. The third kappa shape index (κ3) is 5.15. The van der Waals surface area contributed by atoms with Crippen molar-refractivity contribution in [2.45, 2.75) is 40.3 Å². The number of Topliss-reactive ketones (excluding diaryl/α,β-unsaturated/α-hetero) is 1. The van der Waals surface area contributed by atoms with Gasteiger partial charge in [0.25, 0.3) is 11.7 Å². The van der Waals surface area contributed by atoms with Crippen LogP contribution in [0.3, 0.4) is 0 Å². The minimum atomic E-state index is -0.868. The number of carbonyl (C=O) groups excluding carboxylic acids is 2. The predicted octanol–water partition coefficient (Wildman–Crippen LogP) is 5.64. The fourth-order valence-electron chi connectivity index (χ4n) is 4.25. The van der Waals surface area contributed by atoms with Crippen LogP contribution in [-0.4, -0.2) is 34.9 Å². The number of aliphatic hydroxyl groups is 1. The molecule has 1 atom stereocenters. The zero-order chi connectivity index (χ0) is 25.8. The van der Waals surface area contributed by atoms with E-state index >= 15 is 0 Å². The minimum Gasteiger partial charge on any atom is -0.507 e. The van der Waals surface area contributed by atoms with E-state index in [4.69, 9.17) is 13.9 Å². The Bertz CT molecular complexity index is 1270. The van der Waals surface area contributed by atoms with Crippen LogP contribution in [0.25, 0.3) is 5.76 Å². The Morgan fingerprint density at radius 3 is 2.56 bits per heavy atom. The molecular formula is C29H31NO6. The second kappa shape index (κ2) is 10.7. The quantitative estimate of drug-likeness (QED) is 0.238. The summed E-state index contributed by atoms with van der Waals surface area (Å²) in [6, 6.07) is 15.1. The largest absolute Gasteiger partial charge is 0.507 e. The average Bonchev–Trinajstić information content (AvgIpc) is 3.46. The van der Waals surface area contributed by atoms with Crippen LogP contribution < -0.4 is 9.47 Å². The minimum absolute atomic E-state index is 0.00818. The summed E-state index contributed by atoms with van der Waals surface area (Å²) in [4.78, 5) is 27.8. The number of nitrogens with zero attached hydrogens (tertiary/aromatic N) is 1. The SMILES string of the molecule is CCOc1cccc(CN2C(=O)C(=O)/C(=C(\O)c3ccc(OCC(C)C)c(C)c3)C2c2ccco2)c1. The van der Waals surface area contributed by atoms with Crippen molar-refractivity contribution in [1.29, 1.82) is 0 Å². The molecule has 0 bridgehead atoms. The number of aliphatic hydroxyl groups excluding tert-OH is 1. The first-order chi connectivity index (χ1) is 17.3. The van der Waals surface area contributed by atoms with Gasteiger partial charge in [-0.15, -0.1) is 0 Å². The van der Waals surface area contributed by atoms with E-state index in [-0.39, 0.29) is 17.9 Å². The van der Waals surface area contributed by atoms with Crippen molar-refractivity contribution in [3.05, 3.63) is 88.9 Å². The maximum absolute atomic E-state index is 13.2. The number of aryl methyl sites for hydroxylation is 1. The second-order valence-electron chi connectivity index (χ2n) is 9.21. The molecule has 2 heterocycles. The zero-order valence-electron chi connectivity index (χ0n) is 21.0. The Morgan fingerprint density at radius 1 is 1.08 bits per heavy atom. The number of hydrogen-bond donors (Lipinski definition) is 1. The van der Waals surface area contributed by atoms with E-state index in [2.05, 4.69) is 13.8 Å². The maximum atomic E-state index is 13.2. The van der Waals surface area contributed by atoms with Crippen molar-refractivity contribution in [2.24, 2.45) is 5.92 Å². The molecule has 1 amide bonds. The topological polar surface area (TPSA) is 89.2 Å². The van der Waals surface area contributed by atoms with Gasteiger partial charge in [-0.2, -0.15) is 0 Å². The van der Waals surface area contributed by atoms with E-state index in [9.17, 15) is 14.7 Å². The van der Waals surface area contributed by atoms with E-state index in [1.807, 2.05) is 38.1 Å². The lowest BCUT2D eigenvalue weighted by molar-refractivity contribution is -0.140. The molecule has 4 rings (SSSR count). The Hall–Kier alpha value is -4.00. The van der Waals surface area contributed by atoms with Gasteiger partial charge in [-0.1, -0.05) is 26.0 Å². The fourth-order valence-corrected chi connectivity index (χ4v) is 4.25. The van der Waals surface area contributed by atoms with Gasteiger partial charge in [-0.05, 0) is 73.4 Å². The molecule has 1 aliphatic heterocycles. The van der Waals surface area contributed by atoms with Gasteiger partial charge in [0, 0.05) is 12.1 Å². The molecule has 188 valence electrons. The van der Waals surface area contributed by atoms with Gasteiger partial charge in [0.2, 0.25) is 0 Å². The van der Waals surface area contributed by atoms with Gasteiger partial charge in [-0.25, -0.2) is 0 Å². The molecule has 0 saturated carbocycles. The third-order valence-electron chi connectivity index (χ3n) is 5.94. The molecule has 1 N–H and O–H groups in total. The van der Waals surface area contributed by atoms with Crippen molar-refractivity contribution < 1.29 is 28.6 Å². The molecule has 7 heteroatoms. The normalized spacial score (nSPS) is 17.1. The van der Waals surface area contributed by atoms with E-state index in [1.165, 1.54) is 11.2 Å². The lowest BCUT2D eigenvalue weighted by atomic mass is 9.98. The highest BCUT2D eigenvalue weighted by molar-refractivity contribution is 6.46. The number of furan rings is 1. The Morgan fingerprint density at radius 2 is 1.89 bits per heavy atom. The molecule has 1 saturated heterocycles. The number of ether oxygens (including phenoxy) is 2. The van der Waals surface area contributed by atoms with Gasteiger partial charge < -0.3 is 23.9 Å². The predicted molar refractivity (Wildman–Crippen MR) is 136 cm³/mol. The molecule has 36 heavy (non-hydrogen) atoms. The molecule has 1 unspecified atom stereocenters. The van der Waals surface area contributed by atoms with E-state index < -0.39 is 17.7 Å². The first-order valence-electron chi connectivity index (χ1n) is 12.1. The Balaban J connectivity index is 1.73. The Kier molecular flexibility index (Phi) is 7.48. The van der Waals surface area contributed by atoms with Crippen LogP contribution in [0.4, 0.5) is 0 Å². The molecule has 2 aromatic carbocycles. The van der Waals surface area contributed by atoms with Gasteiger partial charge in [-0.3, -0.25) is 9.59 Å². The summed E-state index contributed by atoms with van der Waals surface area (Å²) in [5.41, 5.74) is 2.03. The molecule has 7 nitrogen and oxygen atoms in total. The van der Waals surface area contributed by atoms with Crippen molar-refractivity contribution in [2.75, 3.05) is 13.2 Å². The first-order valence-corrected chi connectivity index (χ1v) is 12.1. The maximum Gasteiger partial charge on any atom is 0.296 e. The van der Waals surface area contributed by atoms with Gasteiger partial charge >= 0.3 is 0 Å². The Labute approximate surface area is 210 Å². The number of likely N-dealkylation sites (tertiary alicyclic amines) is 1. The van der Waals surface area contributed by atoms with Gasteiger partial charge in [0.15, 0.2) is 0 Å². The summed E-state index contributed by atoms with van der Waals surface area (Å²) in [5, 5.41) is 11.3. The van der Waals surface area contributed by atoms with Crippen LogP contribution in [0.2, 0.25) is 0 Å². The van der Waals surface area contributed by atoms with Crippen LogP contribution in [0.5, 0.6) is 11.5 Å². The zero-order valence-corrected chi connectivity index (χ0v) is 21.0. The lowest BCUT2D eigenvalue weighted by Crippen LogP contribution is -2.29. The number of ketones is 1. The van der Waals surface area contributed by atoms with Crippen LogP contribution in [0.15, 0.2) is 70.9 Å². The number of benzene rings is 2. The number of amides is 1. The standard InChI is InChI=1S/C29H31NO6/c1-5-34-22-9-6-8-20(15-22)16-30-26(24-10-7-13-35-24)25(28(32)29(30)33)27(31)21-11-12-23(19(4)14-21)36-17-18(2)3/h6-15,18,26,31H,5,16-17H2,1-4H3/b27-25-. The monoisotopic (exact) mass is 489 g/mol. The van der Waals surface area contributed by atoms with Crippen LogP contribution in [-0.2, 0) is 16.1 Å². The average molecular weight is 490 g/mol. The van der Waals surface area contributed by atoms with Crippen molar-refractivity contribution >= 4 is 17.4 Å². The van der Waals surface area contributed by atoms with Crippen molar-refractivity contribution in [3.8, 4) is 11.5 Å². The first kappa shape index (κ1) is 25.1. The molecule has 1 aliphatic rings. The molecule has 0 aliphatic carbocycles. The highest BCUT2D eigenvalue weighted by Gasteiger charge is 2.47. The molecule has 1 fully saturated rings. The molecule has 0 radical (unpaired) electrons. The fraction of sp³-hybridized carbons (Fsp3) is 0.310. The highest BCUT2D eigenvalue weighted by atomic mass is 16.5. The van der Waals surface area contributed by atoms with E-state index in [0.717, 1.165) is 11.1 Å². The number of hydrogen-bond acceptors (Lipinski definition) is 6. The number of carbonyl (C=O) groups is 2. The summed E-state index contributed by atoms with van der Waals surface area (Å²) >= 11 is 0. The van der Waals surface area contributed by atoms with Crippen LogP contribution in [0, 0.1) is 12.8 Å². The second-order valence-corrected chi connectivity index (χ2v) is 9.21. The summed E-state index contributed by atoms with van der Waals surface area (Å²) in [6.45, 7) is 9.13. The summed E-state index contributed by atoms with van der Waals surface area (Å²) in [5.74, 6) is 0.440. The van der Waals surface area contributed by atoms with Crippen molar-refractivity contribution in [1.82, 2.24) is 4.90 Å². The van der Waals surface area contributed by atoms with E-state index in [1.54, 1.807) is 30.3 Å². The molecular weight excluding hydrogens is 458 g/mol. The summed E-state index contributed by atoms with van der Waals surface area (Å²) in [6.07, 6.45) is 1.48. The third-order valence-corrected chi connectivity index (χ3v) is 5.94. The van der Waals surface area contributed by atoms with Crippen LogP contribution >= 0.6 is 0 Å². The summed E-state index contributed by atoms with van der Waals surface area (Å²) in [7, 11) is 0. The van der Waals surface area contributed by atoms with Gasteiger partial charge in [0.1, 0.15) is 29.1 Å². The smallest absolute Gasteiger partial charge is 0.296 e. The highest BCUT2D eigenvalue weighted by Crippen LogP contribution is 2.41. The van der Waals surface area contributed by atoms with Gasteiger partial charge in [0.05, 0.1) is 25.1 Å². The lowest BCUT2D eigenvalue weighted by Gasteiger charge is -2.23. The molecule has 0 spiro atoms. The van der Waals surface area contributed by atoms with Crippen LogP contribution in [0.1, 0.15) is 49.3 Å². The van der Waals surface area contributed by atoms with Crippen molar-refractivity contribution in [3.63, 3.8) is 0 Å². The molecule has 1 aromatic heterocycles.